The zero-order valence-corrected chi connectivity index (χ0v) is 15.3. The van der Waals surface area contributed by atoms with Gasteiger partial charge >= 0.3 is 0 Å². The van der Waals surface area contributed by atoms with Gasteiger partial charge in [0.25, 0.3) is 0 Å². The Labute approximate surface area is 163 Å². The minimum absolute atomic E-state index is 1.06. The highest BCUT2D eigenvalue weighted by Crippen LogP contribution is 2.46. The van der Waals surface area contributed by atoms with Crippen molar-refractivity contribution in [3.05, 3.63) is 103 Å². The van der Waals surface area contributed by atoms with Crippen molar-refractivity contribution in [2.45, 2.75) is 0 Å². The van der Waals surface area contributed by atoms with Gasteiger partial charge in [-0.2, -0.15) is 0 Å². The molecule has 1 heteroatoms. The Hall–Kier alpha value is -3.71. The van der Waals surface area contributed by atoms with E-state index in [1.165, 1.54) is 44.2 Å². The Bertz CT molecular complexity index is 1310. The predicted octanol–water partition coefficient (Wildman–Crippen LogP) is 7.26. The summed E-state index contributed by atoms with van der Waals surface area (Å²) < 4.78 is 0. The van der Waals surface area contributed by atoms with Crippen LogP contribution in [-0.4, -0.2) is 4.98 Å². The smallest absolute Gasteiger partial charge is 0.0728 e. The van der Waals surface area contributed by atoms with Crippen molar-refractivity contribution < 1.29 is 0 Å². The molecule has 0 fully saturated rings. The van der Waals surface area contributed by atoms with Gasteiger partial charge in [-0.05, 0) is 39.9 Å². The number of rotatable bonds is 1. The first-order chi connectivity index (χ1) is 13.9. The molecule has 4 aliphatic rings. The van der Waals surface area contributed by atoms with Crippen molar-refractivity contribution in [1.82, 2.24) is 4.98 Å². The molecule has 1 heterocycles. The van der Waals surface area contributed by atoms with Crippen LogP contribution in [0.3, 0.4) is 0 Å². The molecule has 0 amide bonds. The first kappa shape index (κ1) is 15.4. The number of pyridine rings is 1. The maximum absolute atomic E-state index is 5.08. The summed E-state index contributed by atoms with van der Waals surface area (Å²) in [7, 11) is 0. The summed E-state index contributed by atoms with van der Waals surface area (Å²) in [6.45, 7) is 0. The van der Waals surface area contributed by atoms with Gasteiger partial charge in [0.05, 0.1) is 11.0 Å². The molecule has 0 bridgehead atoms. The lowest BCUT2D eigenvalue weighted by atomic mass is 9.95. The van der Waals surface area contributed by atoms with Crippen LogP contribution in [0.15, 0.2) is 103 Å². The van der Waals surface area contributed by atoms with Crippen LogP contribution in [0.4, 0.5) is 0 Å². The van der Waals surface area contributed by atoms with Gasteiger partial charge in [-0.15, -0.1) is 0 Å². The van der Waals surface area contributed by atoms with E-state index in [2.05, 4.69) is 103 Å². The lowest BCUT2D eigenvalue weighted by Crippen LogP contribution is -1.85. The normalized spacial score (nSPS) is 11.6. The molecular weight excluding hydrogens is 338 g/mol. The van der Waals surface area contributed by atoms with Crippen molar-refractivity contribution in [3.63, 3.8) is 0 Å². The van der Waals surface area contributed by atoms with Crippen molar-refractivity contribution >= 4 is 21.8 Å². The van der Waals surface area contributed by atoms with Crippen molar-refractivity contribution in [2.24, 2.45) is 0 Å². The molecule has 0 N–H and O–H groups in total. The molecule has 1 aromatic heterocycles. The van der Waals surface area contributed by atoms with Gasteiger partial charge in [0.1, 0.15) is 0 Å². The van der Waals surface area contributed by atoms with Crippen LogP contribution in [0, 0.1) is 0 Å². The zero-order chi connectivity index (χ0) is 18.5. The molecule has 28 heavy (non-hydrogen) atoms. The van der Waals surface area contributed by atoms with Crippen LogP contribution in [0.25, 0.3) is 55.2 Å². The first-order valence-corrected chi connectivity index (χ1v) is 9.58. The van der Waals surface area contributed by atoms with Crippen LogP contribution in [0.2, 0.25) is 0 Å². The minimum Gasteiger partial charge on any atom is -0.248 e. The van der Waals surface area contributed by atoms with E-state index in [0.29, 0.717) is 0 Å². The molecule has 0 spiro atoms. The molecule has 0 unspecified atom stereocenters. The summed E-state index contributed by atoms with van der Waals surface area (Å²) in [5.74, 6) is 0. The molecule has 2 aromatic rings. The molecule has 1 aromatic carbocycles. The van der Waals surface area contributed by atoms with Crippen LogP contribution >= 0.6 is 0 Å². The molecule has 1 nitrogen and oxygen atoms in total. The van der Waals surface area contributed by atoms with E-state index in [0.717, 1.165) is 11.0 Å². The zero-order valence-electron chi connectivity index (χ0n) is 15.3. The number of fused-ring (bicyclic) bond motifs is 6. The van der Waals surface area contributed by atoms with E-state index in [-0.39, 0.29) is 0 Å². The highest BCUT2D eigenvalue weighted by Gasteiger charge is 2.21. The summed E-state index contributed by atoms with van der Waals surface area (Å²) >= 11 is 0. The predicted molar refractivity (Wildman–Crippen MR) is 118 cm³/mol. The molecule has 6 rings (SSSR count). The Morgan fingerprint density at radius 3 is 1.36 bits per heavy atom. The Morgan fingerprint density at radius 1 is 0.429 bits per heavy atom. The molecule has 0 atom stereocenters. The summed E-state index contributed by atoms with van der Waals surface area (Å²) in [4.78, 5) is 5.08. The second kappa shape index (κ2) is 5.90. The van der Waals surface area contributed by atoms with E-state index in [9.17, 15) is 0 Å². The van der Waals surface area contributed by atoms with E-state index in [4.69, 9.17) is 4.98 Å². The third kappa shape index (κ3) is 2.17. The lowest BCUT2D eigenvalue weighted by Gasteiger charge is -2.10. The van der Waals surface area contributed by atoms with E-state index in [1.807, 2.05) is 0 Å². The fraction of sp³-hybridized carbons (Fsp3) is 0. The fourth-order valence-corrected chi connectivity index (χ4v) is 4.39. The van der Waals surface area contributed by atoms with E-state index < -0.39 is 0 Å². The summed E-state index contributed by atoms with van der Waals surface area (Å²) in [6, 6.07) is 36.5. The van der Waals surface area contributed by atoms with Crippen LogP contribution in [0.1, 0.15) is 0 Å². The highest BCUT2D eigenvalue weighted by atomic mass is 14.7. The minimum atomic E-state index is 1.06. The SMILES string of the molecule is c1ccc(-c2c3c4cccccc-4cc3nc3cc4cccccc-4c23)cc1. The standard InChI is InChI=1S/C27H17N/c1-4-10-18(11-5-1)25-26-21-14-8-2-6-12-19(21)16-23(26)28-24-17-20-13-7-3-9-15-22(20)27(24)25/h1-17H. The van der Waals surface area contributed by atoms with Gasteiger partial charge in [-0.1, -0.05) is 91.0 Å². The molecular formula is C27H17N. The number of nitrogens with zero attached hydrogens (tertiary/aromatic N) is 1. The van der Waals surface area contributed by atoms with Crippen LogP contribution in [0.5, 0.6) is 0 Å². The molecule has 0 saturated heterocycles. The second-order valence-corrected chi connectivity index (χ2v) is 7.22. The average molecular weight is 355 g/mol. The molecule has 0 saturated carbocycles. The molecule has 0 radical (unpaired) electrons. The summed E-state index contributed by atoms with van der Waals surface area (Å²) in [5, 5.41) is 2.48. The van der Waals surface area contributed by atoms with Crippen LogP contribution < -0.4 is 0 Å². The average Bonchev–Trinajstić information content (AvgIpc) is 3.02. The number of hydrogen-bond donors (Lipinski definition) is 0. The van der Waals surface area contributed by atoms with Crippen molar-refractivity contribution in [2.75, 3.05) is 0 Å². The van der Waals surface area contributed by atoms with Gasteiger partial charge in [0, 0.05) is 16.3 Å². The molecule has 0 aliphatic heterocycles. The number of hydrogen-bond acceptors (Lipinski definition) is 1. The fourth-order valence-electron chi connectivity index (χ4n) is 4.39. The maximum Gasteiger partial charge on any atom is 0.0728 e. The monoisotopic (exact) mass is 355 g/mol. The highest BCUT2D eigenvalue weighted by molar-refractivity contribution is 6.21. The first-order valence-electron chi connectivity index (χ1n) is 9.58. The Morgan fingerprint density at radius 2 is 0.857 bits per heavy atom. The summed E-state index contributed by atoms with van der Waals surface area (Å²) in [5.41, 5.74) is 9.60. The lowest BCUT2D eigenvalue weighted by molar-refractivity contribution is 1.54. The molecule has 130 valence electrons. The van der Waals surface area contributed by atoms with Gasteiger partial charge in [0.2, 0.25) is 0 Å². The van der Waals surface area contributed by atoms with Gasteiger partial charge in [-0.3, -0.25) is 0 Å². The second-order valence-electron chi connectivity index (χ2n) is 7.22. The molecule has 4 aliphatic carbocycles. The Balaban J connectivity index is 1.90. The largest absolute Gasteiger partial charge is 0.248 e. The van der Waals surface area contributed by atoms with Gasteiger partial charge in [-0.25, -0.2) is 4.98 Å². The van der Waals surface area contributed by atoms with E-state index in [1.54, 1.807) is 0 Å². The van der Waals surface area contributed by atoms with Crippen molar-refractivity contribution in [1.29, 1.82) is 0 Å². The van der Waals surface area contributed by atoms with Crippen molar-refractivity contribution in [3.8, 4) is 33.4 Å². The quantitative estimate of drug-likeness (QED) is 0.302. The third-order valence-electron chi connectivity index (χ3n) is 5.58. The Kier molecular flexibility index (Phi) is 3.24. The maximum atomic E-state index is 5.08. The third-order valence-corrected chi connectivity index (χ3v) is 5.58. The van der Waals surface area contributed by atoms with Gasteiger partial charge < -0.3 is 0 Å². The van der Waals surface area contributed by atoms with E-state index >= 15 is 0 Å². The van der Waals surface area contributed by atoms with Crippen LogP contribution in [-0.2, 0) is 0 Å². The summed E-state index contributed by atoms with van der Waals surface area (Å²) in [6.07, 6.45) is 0. The van der Waals surface area contributed by atoms with Gasteiger partial charge in [0.15, 0.2) is 0 Å². The number of benzene rings is 1. The number of aromatic nitrogens is 1. The topological polar surface area (TPSA) is 12.9 Å².